The lowest BCUT2D eigenvalue weighted by Gasteiger charge is -2.37. The number of anilines is 1. The van der Waals surface area contributed by atoms with E-state index in [-0.39, 0.29) is 6.04 Å². The average molecular weight is 371 g/mol. The maximum atomic E-state index is 6.47. The monoisotopic (exact) mass is 370 g/mol. The molecule has 1 saturated heterocycles. The molecule has 0 aliphatic carbocycles. The molecule has 1 aliphatic rings. The summed E-state index contributed by atoms with van der Waals surface area (Å²) in [7, 11) is 0. The molecule has 4 nitrogen and oxygen atoms in total. The third kappa shape index (κ3) is 4.17. The van der Waals surface area contributed by atoms with Crippen LogP contribution in [0.2, 0.25) is 0 Å². The molecular weight excluding hydrogens is 344 g/mol. The van der Waals surface area contributed by atoms with E-state index in [0.29, 0.717) is 5.96 Å². The first-order valence-corrected chi connectivity index (χ1v) is 9.79. The van der Waals surface area contributed by atoms with Gasteiger partial charge >= 0.3 is 0 Å². The third-order valence-electron chi connectivity index (χ3n) is 5.22. The van der Waals surface area contributed by atoms with E-state index in [4.69, 9.17) is 10.7 Å². The number of benzene rings is 3. The first kappa shape index (κ1) is 18.1. The fourth-order valence-corrected chi connectivity index (χ4v) is 3.66. The molecule has 0 amide bonds. The molecule has 4 rings (SSSR count). The molecule has 3 aromatic rings. The Balaban J connectivity index is 1.51. The van der Waals surface area contributed by atoms with Crippen molar-refractivity contribution in [1.29, 1.82) is 0 Å². The molecule has 142 valence electrons. The second kappa shape index (κ2) is 8.61. The van der Waals surface area contributed by atoms with E-state index in [2.05, 4.69) is 88.7 Å². The summed E-state index contributed by atoms with van der Waals surface area (Å²) in [4.78, 5) is 9.53. The van der Waals surface area contributed by atoms with Gasteiger partial charge in [0.05, 0.1) is 0 Å². The van der Waals surface area contributed by atoms with Gasteiger partial charge in [0.1, 0.15) is 6.04 Å². The van der Waals surface area contributed by atoms with Crippen molar-refractivity contribution in [2.75, 3.05) is 31.1 Å². The van der Waals surface area contributed by atoms with Crippen LogP contribution in [0, 0.1) is 0 Å². The normalized spacial score (nSPS) is 15.1. The van der Waals surface area contributed by atoms with Crippen molar-refractivity contribution in [1.82, 2.24) is 4.90 Å². The van der Waals surface area contributed by atoms with Crippen LogP contribution in [0.3, 0.4) is 0 Å². The molecule has 1 heterocycles. The molecule has 2 N–H and O–H groups in total. The molecule has 0 unspecified atom stereocenters. The molecule has 0 aromatic heterocycles. The van der Waals surface area contributed by atoms with Gasteiger partial charge in [-0.3, -0.25) is 0 Å². The van der Waals surface area contributed by atoms with Crippen molar-refractivity contribution >= 4 is 11.6 Å². The summed E-state index contributed by atoms with van der Waals surface area (Å²) in [6, 6.07) is 31.2. The summed E-state index contributed by atoms with van der Waals surface area (Å²) >= 11 is 0. The van der Waals surface area contributed by atoms with Crippen molar-refractivity contribution in [2.24, 2.45) is 10.7 Å². The summed E-state index contributed by atoms with van der Waals surface area (Å²) < 4.78 is 0. The van der Waals surface area contributed by atoms with Crippen LogP contribution in [0.5, 0.6) is 0 Å². The molecule has 0 spiro atoms. The van der Waals surface area contributed by atoms with E-state index < -0.39 is 0 Å². The van der Waals surface area contributed by atoms with Crippen molar-refractivity contribution in [2.45, 2.75) is 6.04 Å². The number of para-hydroxylation sites is 1. The predicted octanol–water partition coefficient (Wildman–Crippen LogP) is 3.91. The van der Waals surface area contributed by atoms with Crippen molar-refractivity contribution in [3.8, 4) is 0 Å². The van der Waals surface area contributed by atoms with Gasteiger partial charge in [-0.25, -0.2) is 4.99 Å². The molecule has 0 atom stereocenters. The quantitative estimate of drug-likeness (QED) is 0.559. The fourth-order valence-electron chi connectivity index (χ4n) is 3.66. The first-order chi connectivity index (χ1) is 13.8. The van der Waals surface area contributed by atoms with Crippen LogP contribution < -0.4 is 10.6 Å². The van der Waals surface area contributed by atoms with Crippen LogP contribution in [0.25, 0.3) is 0 Å². The molecule has 0 saturated carbocycles. The van der Waals surface area contributed by atoms with Gasteiger partial charge in [0, 0.05) is 31.9 Å². The highest BCUT2D eigenvalue weighted by Gasteiger charge is 2.20. The lowest BCUT2D eigenvalue weighted by Crippen LogP contribution is -2.51. The van der Waals surface area contributed by atoms with Gasteiger partial charge in [-0.1, -0.05) is 78.9 Å². The van der Waals surface area contributed by atoms with Crippen LogP contribution in [-0.4, -0.2) is 37.0 Å². The number of hydrogen-bond acceptors (Lipinski definition) is 2. The van der Waals surface area contributed by atoms with Gasteiger partial charge in [0.2, 0.25) is 0 Å². The third-order valence-corrected chi connectivity index (χ3v) is 5.22. The van der Waals surface area contributed by atoms with Crippen molar-refractivity contribution in [3.05, 3.63) is 102 Å². The minimum absolute atomic E-state index is 0.0884. The van der Waals surface area contributed by atoms with Gasteiger partial charge in [-0.2, -0.15) is 0 Å². The van der Waals surface area contributed by atoms with Gasteiger partial charge in [0.15, 0.2) is 5.96 Å². The zero-order valence-electron chi connectivity index (χ0n) is 16.0. The van der Waals surface area contributed by atoms with E-state index in [0.717, 1.165) is 37.3 Å². The zero-order chi connectivity index (χ0) is 19.2. The summed E-state index contributed by atoms with van der Waals surface area (Å²) in [5, 5.41) is 0. The largest absolute Gasteiger partial charge is 0.370 e. The highest BCUT2D eigenvalue weighted by Crippen LogP contribution is 2.26. The summed E-state index contributed by atoms with van der Waals surface area (Å²) in [6.45, 7) is 3.64. The summed E-state index contributed by atoms with van der Waals surface area (Å²) in [5.41, 5.74) is 10.0. The van der Waals surface area contributed by atoms with Gasteiger partial charge in [-0.15, -0.1) is 0 Å². The average Bonchev–Trinajstić information content (AvgIpc) is 2.79. The standard InChI is InChI=1S/C24H26N4/c25-24(28-18-16-27(17-19-28)22-14-8-3-9-15-22)26-23(20-10-4-1-5-11-20)21-12-6-2-7-13-21/h1-15,23H,16-19H2,(H2,25,26). The number of nitrogens with zero attached hydrogens (tertiary/aromatic N) is 3. The summed E-state index contributed by atoms with van der Waals surface area (Å²) in [6.07, 6.45) is 0. The minimum atomic E-state index is -0.0884. The Hall–Kier alpha value is -3.27. The Kier molecular flexibility index (Phi) is 5.57. The lowest BCUT2D eigenvalue weighted by molar-refractivity contribution is 0.380. The Bertz CT molecular complexity index is 846. The molecule has 3 aromatic carbocycles. The fraction of sp³-hybridized carbons (Fsp3) is 0.208. The van der Waals surface area contributed by atoms with Crippen LogP contribution in [0.15, 0.2) is 96.0 Å². The first-order valence-electron chi connectivity index (χ1n) is 9.79. The predicted molar refractivity (Wildman–Crippen MR) is 117 cm³/mol. The van der Waals surface area contributed by atoms with Crippen molar-refractivity contribution in [3.63, 3.8) is 0 Å². The molecule has 1 aliphatic heterocycles. The van der Waals surface area contributed by atoms with Crippen LogP contribution in [-0.2, 0) is 0 Å². The van der Waals surface area contributed by atoms with E-state index in [1.165, 1.54) is 5.69 Å². The van der Waals surface area contributed by atoms with Gasteiger partial charge < -0.3 is 15.5 Å². The summed E-state index contributed by atoms with van der Waals surface area (Å²) in [5.74, 6) is 0.616. The van der Waals surface area contributed by atoms with E-state index >= 15 is 0 Å². The lowest BCUT2D eigenvalue weighted by atomic mass is 9.99. The van der Waals surface area contributed by atoms with E-state index in [1.54, 1.807) is 0 Å². The highest BCUT2D eigenvalue weighted by atomic mass is 15.3. The van der Waals surface area contributed by atoms with Gasteiger partial charge in [0.25, 0.3) is 0 Å². The number of piperazine rings is 1. The number of aliphatic imine (C=N–C) groups is 1. The Morgan fingerprint density at radius 1 is 0.679 bits per heavy atom. The molecule has 1 fully saturated rings. The number of rotatable bonds is 4. The maximum absolute atomic E-state index is 6.47. The molecule has 4 heteroatoms. The molecule has 0 radical (unpaired) electrons. The zero-order valence-corrected chi connectivity index (χ0v) is 16.0. The second-order valence-electron chi connectivity index (χ2n) is 7.02. The number of guanidine groups is 1. The van der Waals surface area contributed by atoms with Crippen molar-refractivity contribution < 1.29 is 0 Å². The molecule has 28 heavy (non-hydrogen) atoms. The van der Waals surface area contributed by atoms with Gasteiger partial charge in [-0.05, 0) is 23.3 Å². The number of nitrogens with two attached hydrogens (primary N) is 1. The Morgan fingerprint density at radius 3 is 1.64 bits per heavy atom. The molecule has 0 bridgehead atoms. The van der Waals surface area contributed by atoms with E-state index in [1.807, 2.05) is 12.1 Å². The Morgan fingerprint density at radius 2 is 1.14 bits per heavy atom. The second-order valence-corrected chi connectivity index (χ2v) is 7.02. The SMILES string of the molecule is NC(=NC(c1ccccc1)c1ccccc1)N1CCN(c2ccccc2)CC1. The number of hydrogen-bond donors (Lipinski definition) is 1. The van der Waals surface area contributed by atoms with Crippen LogP contribution in [0.1, 0.15) is 17.2 Å². The smallest absolute Gasteiger partial charge is 0.192 e. The van der Waals surface area contributed by atoms with Crippen LogP contribution in [0.4, 0.5) is 5.69 Å². The Labute approximate surface area is 166 Å². The molecular formula is C24H26N4. The van der Waals surface area contributed by atoms with Crippen LogP contribution >= 0.6 is 0 Å². The highest BCUT2D eigenvalue weighted by molar-refractivity contribution is 5.79. The minimum Gasteiger partial charge on any atom is -0.370 e. The topological polar surface area (TPSA) is 44.9 Å². The van der Waals surface area contributed by atoms with E-state index in [9.17, 15) is 0 Å². The maximum Gasteiger partial charge on any atom is 0.192 e.